The molecule has 13 heteroatoms. The number of aromatic nitrogens is 6. The van der Waals surface area contributed by atoms with Crippen LogP contribution in [0.3, 0.4) is 0 Å². The van der Waals surface area contributed by atoms with Gasteiger partial charge in [0.15, 0.2) is 0 Å². The molecule has 0 saturated heterocycles. The summed E-state index contributed by atoms with van der Waals surface area (Å²) < 4.78 is 38.8. The normalized spacial score (nSPS) is 16.7. The average Bonchev–Trinajstić information content (AvgIpc) is 3.14. The number of carbonyl (C=O) groups is 1. The molecule has 2 heterocycles. The van der Waals surface area contributed by atoms with Gasteiger partial charge in [-0.15, -0.1) is 22.6 Å². The largest absolute Gasteiger partial charge is 0.451 e. The highest BCUT2D eigenvalue weighted by Crippen LogP contribution is 2.39. The average molecular weight is 395 g/mol. The Kier molecular flexibility index (Phi) is 5.29. The maximum Gasteiger partial charge on any atom is 0.451 e. The fourth-order valence-electron chi connectivity index (χ4n) is 2.51. The van der Waals surface area contributed by atoms with Gasteiger partial charge in [-0.05, 0) is 32.6 Å². The van der Waals surface area contributed by atoms with Crippen molar-refractivity contribution in [1.82, 2.24) is 35.3 Å². The standard InChI is InChI=1S/C13H17F3N8O.ClH/c1-6-18-8(9(25)20-12(2,5-17)7-3-4-7)23-24(6)11-19-10(21-22-11)13(14,15)16;/h7H,3-5,17H2,1-2H3,(H,20,25)(H,19,21,22);1H. The van der Waals surface area contributed by atoms with Gasteiger partial charge in [-0.1, -0.05) is 0 Å². The van der Waals surface area contributed by atoms with Gasteiger partial charge in [0.2, 0.25) is 11.6 Å². The number of H-pyrrole nitrogens is 1. The highest BCUT2D eigenvalue weighted by atomic mass is 35.5. The minimum Gasteiger partial charge on any atom is -0.343 e. The van der Waals surface area contributed by atoms with E-state index in [0.29, 0.717) is 5.92 Å². The minimum atomic E-state index is -4.66. The fraction of sp³-hybridized carbons (Fsp3) is 0.615. The lowest BCUT2D eigenvalue weighted by Gasteiger charge is -2.28. The van der Waals surface area contributed by atoms with Gasteiger partial charge in [-0.3, -0.25) is 9.89 Å². The van der Waals surface area contributed by atoms with Crippen molar-refractivity contribution in [2.24, 2.45) is 11.7 Å². The van der Waals surface area contributed by atoms with E-state index in [9.17, 15) is 18.0 Å². The summed E-state index contributed by atoms with van der Waals surface area (Å²) in [5.74, 6) is -1.86. The van der Waals surface area contributed by atoms with Crippen LogP contribution in [0.5, 0.6) is 0 Å². The molecule has 1 aliphatic carbocycles. The molecule has 2 aromatic rings. The van der Waals surface area contributed by atoms with Crippen LogP contribution < -0.4 is 11.1 Å². The first kappa shape index (κ1) is 20.1. The number of halogens is 4. The molecule has 0 aliphatic heterocycles. The first-order valence-electron chi connectivity index (χ1n) is 7.60. The summed E-state index contributed by atoms with van der Waals surface area (Å²) in [6.45, 7) is 3.59. The van der Waals surface area contributed by atoms with E-state index in [1.165, 1.54) is 6.92 Å². The number of rotatable bonds is 5. The van der Waals surface area contributed by atoms with Gasteiger partial charge < -0.3 is 11.1 Å². The van der Waals surface area contributed by atoms with Gasteiger partial charge in [0.25, 0.3) is 11.9 Å². The van der Waals surface area contributed by atoms with Crippen LogP contribution in [-0.4, -0.2) is 47.9 Å². The third-order valence-electron chi connectivity index (χ3n) is 4.21. The van der Waals surface area contributed by atoms with E-state index in [2.05, 4.69) is 25.5 Å². The molecule has 0 aromatic carbocycles. The molecule has 0 bridgehead atoms. The molecule has 1 atom stereocenters. The Morgan fingerprint density at radius 2 is 2.04 bits per heavy atom. The third-order valence-corrected chi connectivity index (χ3v) is 4.21. The molecule has 1 saturated carbocycles. The molecule has 144 valence electrons. The van der Waals surface area contributed by atoms with Crippen molar-refractivity contribution < 1.29 is 18.0 Å². The van der Waals surface area contributed by atoms with Crippen LogP contribution in [-0.2, 0) is 6.18 Å². The molecule has 26 heavy (non-hydrogen) atoms. The summed E-state index contributed by atoms with van der Waals surface area (Å²) in [6, 6.07) is 0. The van der Waals surface area contributed by atoms with Crippen LogP contribution >= 0.6 is 12.4 Å². The monoisotopic (exact) mass is 394 g/mol. The summed E-state index contributed by atoms with van der Waals surface area (Å²) in [6.07, 6.45) is -2.70. The van der Waals surface area contributed by atoms with E-state index in [1.807, 2.05) is 6.92 Å². The molecule has 4 N–H and O–H groups in total. The zero-order chi connectivity index (χ0) is 18.4. The summed E-state index contributed by atoms with van der Waals surface area (Å²) in [7, 11) is 0. The molecule has 0 radical (unpaired) electrons. The van der Waals surface area contributed by atoms with Crippen molar-refractivity contribution in [2.75, 3.05) is 6.54 Å². The quantitative estimate of drug-likeness (QED) is 0.694. The molecule has 3 rings (SSSR count). The smallest absolute Gasteiger partial charge is 0.343 e. The van der Waals surface area contributed by atoms with Crippen molar-refractivity contribution in [1.29, 1.82) is 0 Å². The lowest BCUT2D eigenvalue weighted by atomic mass is 9.96. The van der Waals surface area contributed by atoms with Crippen molar-refractivity contribution in [3.05, 3.63) is 17.5 Å². The molecule has 1 amide bonds. The molecule has 9 nitrogen and oxygen atoms in total. The number of aromatic amines is 1. The van der Waals surface area contributed by atoms with Crippen LogP contribution in [0.4, 0.5) is 13.2 Å². The molecular weight excluding hydrogens is 377 g/mol. The Bertz CT molecular complexity index is 800. The van der Waals surface area contributed by atoms with Crippen molar-refractivity contribution in [2.45, 2.75) is 38.4 Å². The molecule has 1 aliphatic rings. The Balaban J connectivity index is 0.00000243. The summed E-state index contributed by atoms with van der Waals surface area (Å²) in [4.78, 5) is 19.7. The van der Waals surface area contributed by atoms with E-state index in [0.717, 1.165) is 17.5 Å². The summed E-state index contributed by atoms with van der Waals surface area (Å²) >= 11 is 0. The van der Waals surface area contributed by atoms with Crippen LogP contribution in [0.1, 0.15) is 42.0 Å². The van der Waals surface area contributed by atoms with Crippen molar-refractivity contribution in [3.63, 3.8) is 0 Å². The van der Waals surface area contributed by atoms with Crippen LogP contribution in [0.15, 0.2) is 0 Å². The van der Waals surface area contributed by atoms with E-state index < -0.39 is 23.4 Å². The number of hydrogen-bond acceptors (Lipinski definition) is 6. The van der Waals surface area contributed by atoms with Gasteiger partial charge in [0.1, 0.15) is 5.82 Å². The molecule has 1 fully saturated rings. The van der Waals surface area contributed by atoms with Gasteiger partial charge in [0.05, 0.1) is 5.54 Å². The van der Waals surface area contributed by atoms with Crippen molar-refractivity contribution >= 4 is 18.3 Å². The lowest BCUT2D eigenvalue weighted by molar-refractivity contribution is -0.144. The SMILES string of the molecule is Cc1nc(C(=O)NC(C)(CN)C2CC2)nn1-c1n[nH]c(C(F)(F)F)n1.Cl. The Labute approximate surface area is 152 Å². The van der Waals surface area contributed by atoms with Gasteiger partial charge >= 0.3 is 6.18 Å². The predicted octanol–water partition coefficient (Wildman–Crippen LogP) is 0.992. The number of nitrogens with two attached hydrogens (primary N) is 1. The van der Waals surface area contributed by atoms with Gasteiger partial charge in [-0.2, -0.15) is 22.8 Å². The first-order chi connectivity index (χ1) is 11.6. The zero-order valence-electron chi connectivity index (χ0n) is 14.0. The second-order valence-corrected chi connectivity index (χ2v) is 6.23. The Morgan fingerprint density at radius 3 is 2.54 bits per heavy atom. The predicted molar refractivity (Wildman–Crippen MR) is 85.9 cm³/mol. The van der Waals surface area contributed by atoms with Crippen molar-refractivity contribution in [3.8, 4) is 5.95 Å². The molecule has 2 aromatic heterocycles. The number of amides is 1. The van der Waals surface area contributed by atoms with E-state index in [-0.39, 0.29) is 36.5 Å². The minimum absolute atomic E-state index is 0. The van der Waals surface area contributed by atoms with Crippen LogP contribution in [0.25, 0.3) is 5.95 Å². The topological polar surface area (TPSA) is 127 Å². The van der Waals surface area contributed by atoms with Crippen LogP contribution in [0.2, 0.25) is 0 Å². The van der Waals surface area contributed by atoms with Gasteiger partial charge in [-0.25, -0.2) is 4.98 Å². The maximum absolute atomic E-state index is 12.6. The fourth-order valence-corrected chi connectivity index (χ4v) is 2.51. The van der Waals surface area contributed by atoms with E-state index in [4.69, 9.17) is 5.73 Å². The lowest BCUT2D eigenvalue weighted by Crippen LogP contribution is -2.53. The number of nitrogens with zero attached hydrogens (tertiary/aromatic N) is 5. The third kappa shape index (κ3) is 3.80. The number of nitrogens with one attached hydrogen (secondary N) is 2. The van der Waals surface area contributed by atoms with Crippen LogP contribution in [0, 0.1) is 12.8 Å². The Morgan fingerprint density at radius 1 is 1.38 bits per heavy atom. The number of hydrogen-bond donors (Lipinski definition) is 3. The highest BCUT2D eigenvalue weighted by molar-refractivity contribution is 5.91. The second kappa shape index (κ2) is 6.83. The molecule has 0 spiro atoms. The number of carbonyl (C=O) groups excluding carboxylic acids is 1. The second-order valence-electron chi connectivity index (χ2n) is 6.23. The zero-order valence-corrected chi connectivity index (χ0v) is 14.8. The number of alkyl halides is 3. The van der Waals surface area contributed by atoms with E-state index in [1.54, 1.807) is 5.10 Å². The molecule has 1 unspecified atom stereocenters. The first-order valence-corrected chi connectivity index (χ1v) is 7.60. The molecular formula is C13H18ClF3N8O. The van der Waals surface area contributed by atoms with E-state index >= 15 is 0 Å². The Hall–Kier alpha value is -2.21. The summed E-state index contributed by atoms with van der Waals surface area (Å²) in [5, 5.41) is 12.0. The highest BCUT2D eigenvalue weighted by Gasteiger charge is 2.42. The maximum atomic E-state index is 12.6. The van der Waals surface area contributed by atoms with Gasteiger partial charge in [0, 0.05) is 6.54 Å². The number of aryl methyl sites for hydroxylation is 1. The summed E-state index contributed by atoms with van der Waals surface area (Å²) in [5.41, 5.74) is 5.19.